The molecular weight excluding hydrogens is 298 g/mol. The van der Waals surface area contributed by atoms with Crippen molar-refractivity contribution in [3.63, 3.8) is 0 Å². The van der Waals surface area contributed by atoms with Gasteiger partial charge in [0.25, 0.3) is 0 Å². The lowest BCUT2D eigenvalue weighted by Crippen LogP contribution is -2.43. The third-order valence-electron chi connectivity index (χ3n) is 3.09. The smallest absolute Gasteiger partial charge is 0.321 e. The van der Waals surface area contributed by atoms with Crippen molar-refractivity contribution in [1.82, 2.24) is 16.0 Å². The number of imide groups is 1. The Hall–Kier alpha value is -2.18. The van der Waals surface area contributed by atoms with Crippen molar-refractivity contribution >= 4 is 23.3 Å². The first kappa shape index (κ1) is 16.2. The third kappa shape index (κ3) is 5.31. The van der Waals surface area contributed by atoms with E-state index >= 15 is 0 Å². The van der Waals surface area contributed by atoms with E-state index in [0.29, 0.717) is 6.54 Å². The van der Waals surface area contributed by atoms with E-state index in [1.54, 1.807) is 11.3 Å². The molecular formula is C16H19N3O2S. The third-order valence-corrected chi connectivity index (χ3v) is 4.14. The summed E-state index contributed by atoms with van der Waals surface area (Å²) in [7, 11) is 0. The maximum Gasteiger partial charge on any atom is 0.321 e. The average Bonchev–Trinajstić information content (AvgIpc) is 3.06. The van der Waals surface area contributed by atoms with Crippen LogP contribution < -0.4 is 16.0 Å². The number of carbonyl (C=O) groups excluding carboxylic acids is 2. The molecule has 1 heterocycles. The van der Waals surface area contributed by atoms with Gasteiger partial charge < -0.3 is 10.6 Å². The minimum absolute atomic E-state index is 0.0816. The fourth-order valence-corrected chi connectivity index (χ4v) is 2.64. The van der Waals surface area contributed by atoms with E-state index in [1.165, 1.54) is 0 Å². The molecule has 6 heteroatoms. The molecule has 1 aromatic heterocycles. The number of carbonyl (C=O) groups is 2. The monoisotopic (exact) mass is 317 g/mol. The van der Waals surface area contributed by atoms with Crippen LogP contribution in [0, 0.1) is 0 Å². The van der Waals surface area contributed by atoms with Crippen LogP contribution in [-0.2, 0) is 11.3 Å². The summed E-state index contributed by atoms with van der Waals surface area (Å²) in [5.74, 6) is -0.353. The van der Waals surface area contributed by atoms with Gasteiger partial charge in [-0.25, -0.2) is 4.79 Å². The van der Waals surface area contributed by atoms with Crippen molar-refractivity contribution in [2.45, 2.75) is 19.5 Å². The molecule has 0 aliphatic rings. The average molecular weight is 317 g/mol. The molecule has 0 aliphatic heterocycles. The second-order valence-electron chi connectivity index (χ2n) is 4.83. The highest BCUT2D eigenvalue weighted by Gasteiger charge is 2.10. The Labute approximate surface area is 133 Å². The normalized spacial score (nSPS) is 11.7. The molecule has 2 rings (SSSR count). The van der Waals surface area contributed by atoms with Gasteiger partial charge in [-0.1, -0.05) is 36.4 Å². The summed E-state index contributed by atoms with van der Waals surface area (Å²) in [6.45, 7) is 2.46. The fourth-order valence-electron chi connectivity index (χ4n) is 1.88. The number of benzene rings is 1. The van der Waals surface area contributed by atoms with Gasteiger partial charge in [0.05, 0.1) is 6.54 Å². The zero-order chi connectivity index (χ0) is 15.8. The molecule has 0 bridgehead atoms. The molecule has 5 nitrogen and oxygen atoms in total. The first-order valence-electron chi connectivity index (χ1n) is 7.03. The molecule has 0 saturated heterocycles. The van der Waals surface area contributed by atoms with E-state index < -0.39 is 6.03 Å². The van der Waals surface area contributed by atoms with Crippen molar-refractivity contribution in [3.8, 4) is 0 Å². The highest BCUT2D eigenvalue weighted by atomic mass is 32.1. The number of nitrogens with one attached hydrogen (secondary N) is 3. The highest BCUT2D eigenvalue weighted by molar-refractivity contribution is 7.10. The summed E-state index contributed by atoms with van der Waals surface area (Å²) in [4.78, 5) is 24.5. The Kier molecular flexibility index (Phi) is 6.12. The van der Waals surface area contributed by atoms with Crippen LogP contribution in [0.15, 0.2) is 47.8 Å². The lowest BCUT2D eigenvalue weighted by Gasteiger charge is -2.12. The highest BCUT2D eigenvalue weighted by Crippen LogP contribution is 2.17. The lowest BCUT2D eigenvalue weighted by molar-refractivity contribution is -0.119. The number of hydrogen-bond acceptors (Lipinski definition) is 4. The van der Waals surface area contributed by atoms with E-state index in [1.807, 2.05) is 54.8 Å². The summed E-state index contributed by atoms with van der Waals surface area (Å²) in [6.07, 6.45) is 0. The first-order valence-corrected chi connectivity index (χ1v) is 7.91. The summed E-state index contributed by atoms with van der Waals surface area (Å²) >= 11 is 1.63. The first-order chi connectivity index (χ1) is 10.6. The van der Waals surface area contributed by atoms with Crippen molar-refractivity contribution in [1.29, 1.82) is 0 Å². The van der Waals surface area contributed by atoms with E-state index in [2.05, 4.69) is 16.0 Å². The molecule has 0 radical (unpaired) electrons. The van der Waals surface area contributed by atoms with Gasteiger partial charge in [0.1, 0.15) is 0 Å². The molecule has 1 atom stereocenters. The van der Waals surface area contributed by atoms with E-state index in [-0.39, 0.29) is 18.5 Å². The standard InChI is InChI=1S/C16H19N3O2S/c1-12(14-8-5-9-22-14)17-11-15(20)19-16(21)18-10-13-6-3-2-4-7-13/h2-9,12,17H,10-11H2,1H3,(H2,18,19,20,21)/t12-/m1/s1. The summed E-state index contributed by atoms with van der Waals surface area (Å²) < 4.78 is 0. The second-order valence-corrected chi connectivity index (χ2v) is 5.81. The zero-order valence-corrected chi connectivity index (χ0v) is 13.2. The van der Waals surface area contributed by atoms with Gasteiger partial charge in [0.15, 0.2) is 0 Å². The predicted molar refractivity (Wildman–Crippen MR) is 87.6 cm³/mol. The number of amides is 3. The predicted octanol–water partition coefficient (Wildman–Crippen LogP) is 2.42. The molecule has 0 saturated carbocycles. The van der Waals surface area contributed by atoms with Crippen LogP contribution in [0.4, 0.5) is 4.79 Å². The SMILES string of the molecule is C[C@@H](NCC(=O)NC(=O)NCc1ccccc1)c1cccs1. The maximum atomic E-state index is 11.7. The molecule has 1 aromatic carbocycles. The quantitative estimate of drug-likeness (QED) is 0.766. The van der Waals surface area contributed by atoms with Crippen LogP contribution >= 0.6 is 11.3 Å². The lowest BCUT2D eigenvalue weighted by atomic mass is 10.2. The Morgan fingerprint density at radius 2 is 1.91 bits per heavy atom. The number of thiophene rings is 1. The van der Waals surface area contributed by atoms with E-state index in [4.69, 9.17) is 0 Å². The molecule has 3 amide bonds. The van der Waals surface area contributed by atoms with E-state index in [0.717, 1.165) is 10.4 Å². The largest absolute Gasteiger partial charge is 0.334 e. The summed E-state index contributed by atoms with van der Waals surface area (Å²) in [6, 6.07) is 13.1. The summed E-state index contributed by atoms with van der Waals surface area (Å²) in [5, 5.41) is 10.0. The van der Waals surface area contributed by atoms with Gasteiger partial charge in [0, 0.05) is 17.5 Å². The Morgan fingerprint density at radius 1 is 1.14 bits per heavy atom. The van der Waals surface area contributed by atoms with Crippen molar-refractivity contribution in [2.75, 3.05) is 6.54 Å². The van der Waals surface area contributed by atoms with Crippen LogP contribution in [0.3, 0.4) is 0 Å². The Balaban J connectivity index is 1.67. The molecule has 0 aliphatic carbocycles. The van der Waals surface area contributed by atoms with Crippen LogP contribution in [0.25, 0.3) is 0 Å². The molecule has 2 aromatic rings. The maximum absolute atomic E-state index is 11.7. The van der Waals surface area contributed by atoms with Crippen molar-refractivity contribution in [2.24, 2.45) is 0 Å². The summed E-state index contributed by atoms with van der Waals surface area (Å²) in [5.41, 5.74) is 0.981. The van der Waals surface area contributed by atoms with Gasteiger partial charge >= 0.3 is 6.03 Å². The van der Waals surface area contributed by atoms with Gasteiger partial charge in [-0.2, -0.15) is 0 Å². The van der Waals surface area contributed by atoms with Crippen LogP contribution in [0.2, 0.25) is 0 Å². The van der Waals surface area contributed by atoms with Crippen LogP contribution in [0.1, 0.15) is 23.4 Å². The van der Waals surface area contributed by atoms with Gasteiger partial charge in [0.2, 0.25) is 5.91 Å². The number of rotatable bonds is 6. The topological polar surface area (TPSA) is 70.2 Å². The Bertz CT molecular complexity index is 599. The molecule has 116 valence electrons. The van der Waals surface area contributed by atoms with Gasteiger partial charge in [-0.3, -0.25) is 10.1 Å². The van der Waals surface area contributed by atoms with Crippen molar-refractivity contribution in [3.05, 3.63) is 58.3 Å². The Morgan fingerprint density at radius 3 is 2.59 bits per heavy atom. The minimum atomic E-state index is -0.487. The number of hydrogen-bond donors (Lipinski definition) is 3. The molecule has 0 fully saturated rings. The minimum Gasteiger partial charge on any atom is -0.334 e. The molecule has 22 heavy (non-hydrogen) atoms. The molecule has 0 spiro atoms. The fraction of sp³-hybridized carbons (Fsp3) is 0.250. The molecule has 0 unspecified atom stereocenters. The van der Waals surface area contributed by atoms with Gasteiger partial charge in [-0.15, -0.1) is 11.3 Å². The van der Waals surface area contributed by atoms with Crippen molar-refractivity contribution < 1.29 is 9.59 Å². The second kappa shape index (κ2) is 8.31. The zero-order valence-electron chi connectivity index (χ0n) is 12.3. The van der Waals surface area contributed by atoms with Crippen LogP contribution in [-0.4, -0.2) is 18.5 Å². The van der Waals surface area contributed by atoms with Crippen LogP contribution in [0.5, 0.6) is 0 Å². The van der Waals surface area contributed by atoms with Gasteiger partial charge in [-0.05, 0) is 23.9 Å². The number of urea groups is 1. The molecule has 3 N–H and O–H groups in total. The van der Waals surface area contributed by atoms with E-state index in [9.17, 15) is 9.59 Å².